The third kappa shape index (κ3) is 4.12. The van der Waals surface area contributed by atoms with Gasteiger partial charge in [-0.15, -0.1) is 11.3 Å². The van der Waals surface area contributed by atoms with Gasteiger partial charge in [0.15, 0.2) is 0 Å². The lowest BCUT2D eigenvalue weighted by Crippen LogP contribution is -2.28. The number of rotatable bonds is 4. The van der Waals surface area contributed by atoms with Crippen LogP contribution in [0.2, 0.25) is 0 Å². The number of aromatic nitrogens is 1. The summed E-state index contributed by atoms with van der Waals surface area (Å²) in [6, 6.07) is 12.7. The Morgan fingerprint density at radius 3 is 2.66 bits per heavy atom. The smallest absolute Gasteiger partial charge is 0.229 e. The predicted molar refractivity (Wildman–Crippen MR) is 114 cm³/mol. The summed E-state index contributed by atoms with van der Waals surface area (Å²) in [5.74, 6) is -0.924. The van der Waals surface area contributed by atoms with E-state index in [4.69, 9.17) is 0 Å². The molecule has 148 valence electrons. The van der Waals surface area contributed by atoms with Crippen molar-refractivity contribution < 1.29 is 14.4 Å². The van der Waals surface area contributed by atoms with E-state index >= 15 is 0 Å². The van der Waals surface area contributed by atoms with Crippen molar-refractivity contribution in [3.05, 3.63) is 47.5 Å². The van der Waals surface area contributed by atoms with Crippen LogP contribution < -0.4 is 15.5 Å². The van der Waals surface area contributed by atoms with Gasteiger partial charge in [0.25, 0.3) is 0 Å². The van der Waals surface area contributed by atoms with E-state index in [9.17, 15) is 14.4 Å². The molecule has 0 radical (unpaired) electrons. The summed E-state index contributed by atoms with van der Waals surface area (Å²) in [4.78, 5) is 42.6. The lowest BCUT2D eigenvalue weighted by molar-refractivity contribution is -0.122. The normalized spacial score (nSPS) is 16.3. The molecule has 0 saturated carbocycles. The Bertz CT molecular complexity index is 1120. The van der Waals surface area contributed by atoms with E-state index in [0.717, 1.165) is 20.9 Å². The monoisotopic (exact) mass is 408 g/mol. The van der Waals surface area contributed by atoms with Crippen LogP contribution in [0.4, 0.5) is 17.1 Å². The number of benzene rings is 2. The summed E-state index contributed by atoms with van der Waals surface area (Å²) in [5, 5.41) is 6.50. The Morgan fingerprint density at radius 1 is 1.14 bits per heavy atom. The molecule has 4 rings (SSSR count). The second-order valence-electron chi connectivity index (χ2n) is 7.04. The zero-order valence-corrected chi connectivity index (χ0v) is 16.9. The van der Waals surface area contributed by atoms with Gasteiger partial charge in [0.1, 0.15) is 0 Å². The van der Waals surface area contributed by atoms with Crippen molar-refractivity contribution in [2.45, 2.75) is 20.3 Å². The van der Waals surface area contributed by atoms with Gasteiger partial charge in [0.05, 0.1) is 21.1 Å². The molecular weight excluding hydrogens is 388 g/mol. The molecule has 3 aromatic rings. The van der Waals surface area contributed by atoms with E-state index in [1.165, 1.54) is 6.92 Å². The summed E-state index contributed by atoms with van der Waals surface area (Å²) in [6.07, 6.45) is 0.158. The van der Waals surface area contributed by atoms with Crippen LogP contribution in [0.25, 0.3) is 10.2 Å². The fourth-order valence-corrected chi connectivity index (χ4v) is 4.26. The number of carbonyl (C=O) groups excluding carboxylic acids is 3. The number of anilines is 3. The Hall–Kier alpha value is -3.26. The topological polar surface area (TPSA) is 91.4 Å². The third-order valence-electron chi connectivity index (χ3n) is 4.74. The summed E-state index contributed by atoms with van der Waals surface area (Å²) in [6.45, 7) is 3.70. The SMILES string of the molecule is CC(=O)Nc1cccc(NC(=O)C2CC(=O)N(c3ccc4sc(C)nc4c3)C2)c1. The first-order chi connectivity index (χ1) is 13.9. The van der Waals surface area contributed by atoms with Gasteiger partial charge >= 0.3 is 0 Å². The molecule has 7 nitrogen and oxygen atoms in total. The average molecular weight is 408 g/mol. The van der Waals surface area contributed by atoms with Crippen molar-refractivity contribution in [2.24, 2.45) is 5.92 Å². The summed E-state index contributed by atoms with van der Waals surface area (Å²) in [5.41, 5.74) is 2.80. The fourth-order valence-electron chi connectivity index (χ4n) is 3.45. The van der Waals surface area contributed by atoms with Crippen molar-refractivity contribution in [1.82, 2.24) is 4.98 Å². The van der Waals surface area contributed by atoms with Crippen LogP contribution in [0.5, 0.6) is 0 Å². The highest BCUT2D eigenvalue weighted by Gasteiger charge is 2.35. The number of thiazole rings is 1. The molecule has 3 amide bonds. The van der Waals surface area contributed by atoms with Crippen molar-refractivity contribution >= 4 is 56.3 Å². The summed E-state index contributed by atoms with van der Waals surface area (Å²) in [7, 11) is 0. The predicted octanol–water partition coefficient (Wildman–Crippen LogP) is 3.55. The first kappa shape index (κ1) is 19.1. The highest BCUT2D eigenvalue weighted by molar-refractivity contribution is 7.18. The zero-order valence-electron chi connectivity index (χ0n) is 16.1. The van der Waals surface area contributed by atoms with Gasteiger partial charge in [-0.1, -0.05) is 6.07 Å². The standard InChI is InChI=1S/C21H20N4O3S/c1-12(26)22-15-4-3-5-16(9-15)24-21(28)14-8-20(27)25(11-14)17-6-7-19-18(10-17)23-13(2)29-19/h3-7,9-10,14H,8,11H2,1-2H3,(H,22,26)(H,24,28). The van der Waals surface area contributed by atoms with E-state index in [2.05, 4.69) is 15.6 Å². The Kier molecular flexibility index (Phi) is 5.02. The molecule has 1 fully saturated rings. The van der Waals surface area contributed by atoms with Crippen LogP contribution in [0.1, 0.15) is 18.4 Å². The maximum Gasteiger partial charge on any atom is 0.229 e. The van der Waals surface area contributed by atoms with Crippen LogP contribution in [-0.4, -0.2) is 29.3 Å². The number of carbonyl (C=O) groups is 3. The minimum Gasteiger partial charge on any atom is -0.326 e. The molecule has 8 heteroatoms. The highest BCUT2D eigenvalue weighted by Crippen LogP contribution is 2.30. The van der Waals surface area contributed by atoms with Crippen molar-refractivity contribution in [3.8, 4) is 0 Å². The molecule has 1 aromatic heterocycles. The largest absolute Gasteiger partial charge is 0.326 e. The molecule has 1 unspecified atom stereocenters. The van der Waals surface area contributed by atoms with Crippen molar-refractivity contribution in [2.75, 3.05) is 22.1 Å². The van der Waals surface area contributed by atoms with E-state index in [-0.39, 0.29) is 24.1 Å². The number of aryl methyl sites for hydroxylation is 1. The second kappa shape index (κ2) is 7.63. The van der Waals surface area contributed by atoms with Crippen LogP contribution in [0.15, 0.2) is 42.5 Å². The highest BCUT2D eigenvalue weighted by atomic mass is 32.1. The first-order valence-electron chi connectivity index (χ1n) is 9.25. The first-order valence-corrected chi connectivity index (χ1v) is 10.1. The number of amides is 3. The summed E-state index contributed by atoms with van der Waals surface area (Å²) >= 11 is 1.61. The number of nitrogens with one attached hydrogen (secondary N) is 2. The Morgan fingerprint density at radius 2 is 1.90 bits per heavy atom. The van der Waals surface area contributed by atoms with Gasteiger partial charge in [-0.05, 0) is 43.3 Å². The molecule has 0 spiro atoms. The second-order valence-corrected chi connectivity index (χ2v) is 8.28. The van der Waals surface area contributed by atoms with Crippen LogP contribution in [0.3, 0.4) is 0 Å². The third-order valence-corrected chi connectivity index (χ3v) is 5.69. The van der Waals surface area contributed by atoms with Crippen LogP contribution in [-0.2, 0) is 14.4 Å². The number of nitrogens with zero attached hydrogens (tertiary/aromatic N) is 2. The van der Waals surface area contributed by atoms with Gasteiger partial charge in [0.2, 0.25) is 17.7 Å². The molecule has 1 saturated heterocycles. The number of fused-ring (bicyclic) bond motifs is 1. The molecular formula is C21H20N4O3S. The molecule has 1 atom stereocenters. The van der Waals surface area contributed by atoms with Gasteiger partial charge in [0, 0.05) is 37.0 Å². The molecule has 2 N–H and O–H groups in total. The molecule has 0 aliphatic carbocycles. The van der Waals surface area contributed by atoms with E-state index in [0.29, 0.717) is 17.9 Å². The lowest BCUT2D eigenvalue weighted by atomic mass is 10.1. The number of hydrogen-bond acceptors (Lipinski definition) is 5. The summed E-state index contributed by atoms with van der Waals surface area (Å²) < 4.78 is 1.08. The van der Waals surface area contributed by atoms with E-state index < -0.39 is 5.92 Å². The fraction of sp³-hybridized carbons (Fsp3) is 0.238. The molecule has 29 heavy (non-hydrogen) atoms. The zero-order chi connectivity index (χ0) is 20.5. The van der Waals surface area contributed by atoms with Gasteiger partial charge in [-0.2, -0.15) is 0 Å². The number of hydrogen-bond donors (Lipinski definition) is 2. The Balaban J connectivity index is 1.46. The van der Waals surface area contributed by atoms with Gasteiger partial charge in [-0.3, -0.25) is 14.4 Å². The maximum atomic E-state index is 12.7. The van der Waals surface area contributed by atoms with Crippen LogP contribution >= 0.6 is 11.3 Å². The molecule has 1 aliphatic rings. The minimum atomic E-state index is -0.445. The van der Waals surface area contributed by atoms with E-state index in [1.54, 1.807) is 40.5 Å². The molecule has 0 bridgehead atoms. The van der Waals surface area contributed by atoms with Crippen LogP contribution in [0, 0.1) is 12.8 Å². The van der Waals surface area contributed by atoms with E-state index in [1.807, 2.05) is 25.1 Å². The van der Waals surface area contributed by atoms with Crippen molar-refractivity contribution in [1.29, 1.82) is 0 Å². The van der Waals surface area contributed by atoms with Gasteiger partial charge in [-0.25, -0.2) is 4.98 Å². The Labute approximate surface area is 171 Å². The van der Waals surface area contributed by atoms with Crippen molar-refractivity contribution in [3.63, 3.8) is 0 Å². The van der Waals surface area contributed by atoms with Gasteiger partial charge < -0.3 is 15.5 Å². The lowest BCUT2D eigenvalue weighted by Gasteiger charge is -2.17. The molecule has 2 aromatic carbocycles. The molecule has 1 aliphatic heterocycles. The maximum absolute atomic E-state index is 12.7. The minimum absolute atomic E-state index is 0.0801. The molecule has 2 heterocycles. The average Bonchev–Trinajstić information content (AvgIpc) is 3.22. The quantitative estimate of drug-likeness (QED) is 0.691.